The number of amides is 1. The molecule has 1 fully saturated rings. The molecule has 6 N–H and O–H groups in total. The van der Waals surface area contributed by atoms with Gasteiger partial charge in [-0.05, 0) is 44.9 Å². The molecule has 1 amide bonds. The lowest BCUT2D eigenvalue weighted by atomic mass is 9.99. The highest BCUT2D eigenvalue weighted by Crippen LogP contribution is 2.22. The monoisotopic (exact) mass is 627 g/mol. The molecule has 0 bridgehead atoms. The molecule has 1 rings (SSSR count). The van der Waals surface area contributed by atoms with Crippen LogP contribution >= 0.6 is 0 Å². The average molecular weight is 628 g/mol. The Balaban J connectivity index is 2.46. The SMILES string of the molecule is CCCCCCC/C=C\CCCCCCCC(=O)NC(COC1OC(CO)C(O)C(O)C1O)C(O)/C=C/CCCCCCC. The van der Waals surface area contributed by atoms with Gasteiger partial charge in [-0.1, -0.05) is 109 Å². The first-order valence-electron chi connectivity index (χ1n) is 17.6. The molecule has 0 aromatic carbocycles. The summed E-state index contributed by atoms with van der Waals surface area (Å²) in [5.41, 5.74) is 0. The van der Waals surface area contributed by atoms with E-state index < -0.39 is 49.5 Å². The molecule has 9 heteroatoms. The molecular formula is C35H65NO8. The van der Waals surface area contributed by atoms with Crippen molar-refractivity contribution in [2.75, 3.05) is 13.2 Å². The average Bonchev–Trinajstić information content (AvgIpc) is 3.02. The number of nitrogens with one attached hydrogen (secondary N) is 1. The maximum Gasteiger partial charge on any atom is 0.220 e. The summed E-state index contributed by atoms with van der Waals surface area (Å²) >= 11 is 0. The quantitative estimate of drug-likeness (QED) is 0.0537. The van der Waals surface area contributed by atoms with Gasteiger partial charge in [-0.25, -0.2) is 0 Å². The van der Waals surface area contributed by atoms with Crippen LogP contribution in [0.25, 0.3) is 0 Å². The van der Waals surface area contributed by atoms with Crippen molar-refractivity contribution in [3.05, 3.63) is 24.3 Å². The molecule has 0 aromatic rings. The van der Waals surface area contributed by atoms with Crippen molar-refractivity contribution < 1.29 is 39.8 Å². The lowest BCUT2D eigenvalue weighted by molar-refractivity contribution is -0.302. The maximum atomic E-state index is 12.8. The van der Waals surface area contributed by atoms with E-state index >= 15 is 0 Å². The van der Waals surface area contributed by atoms with Crippen LogP contribution in [0.4, 0.5) is 0 Å². The van der Waals surface area contributed by atoms with E-state index in [-0.39, 0.29) is 12.5 Å². The fourth-order valence-electron chi connectivity index (χ4n) is 5.32. The van der Waals surface area contributed by atoms with Gasteiger partial charge in [0.05, 0.1) is 25.4 Å². The smallest absolute Gasteiger partial charge is 0.220 e. The summed E-state index contributed by atoms with van der Waals surface area (Å²) in [6.45, 7) is 3.66. The van der Waals surface area contributed by atoms with Gasteiger partial charge in [-0.2, -0.15) is 0 Å². The van der Waals surface area contributed by atoms with Crippen LogP contribution in [0.3, 0.4) is 0 Å². The van der Waals surface area contributed by atoms with Gasteiger partial charge < -0.3 is 40.3 Å². The van der Waals surface area contributed by atoms with Gasteiger partial charge in [-0.3, -0.25) is 4.79 Å². The Bertz CT molecular complexity index is 746. The van der Waals surface area contributed by atoms with Gasteiger partial charge in [0, 0.05) is 6.42 Å². The molecule has 258 valence electrons. The Morgan fingerprint density at radius 3 is 1.84 bits per heavy atom. The van der Waals surface area contributed by atoms with E-state index in [1.807, 2.05) is 6.08 Å². The molecule has 7 atom stereocenters. The lowest BCUT2D eigenvalue weighted by Crippen LogP contribution is -2.60. The molecule has 7 unspecified atom stereocenters. The fourth-order valence-corrected chi connectivity index (χ4v) is 5.32. The largest absolute Gasteiger partial charge is 0.394 e. The number of rotatable bonds is 27. The van der Waals surface area contributed by atoms with Gasteiger partial charge >= 0.3 is 0 Å². The molecule has 0 radical (unpaired) electrons. The van der Waals surface area contributed by atoms with E-state index in [4.69, 9.17) is 9.47 Å². The molecular weight excluding hydrogens is 562 g/mol. The van der Waals surface area contributed by atoms with Crippen LogP contribution in [0.2, 0.25) is 0 Å². The maximum absolute atomic E-state index is 12.8. The van der Waals surface area contributed by atoms with Crippen LogP contribution < -0.4 is 5.32 Å². The first-order chi connectivity index (χ1) is 21.3. The molecule has 1 heterocycles. The number of aliphatic hydroxyl groups excluding tert-OH is 5. The van der Waals surface area contributed by atoms with Gasteiger partial charge in [0.1, 0.15) is 24.4 Å². The van der Waals surface area contributed by atoms with Gasteiger partial charge in [0.2, 0.25) is 5.91 Å². The zero-order valence-electron chi connectivity index (χ0n) is 27.7. The highest BCUT2D eigenvalue weighted by Gasteiger charge is 2.44. The van der Waals surface area contributed by atoms with E-state index in [0.29, 0.717) is 6.42 Å². The first kappa shape index (κ1) is 40.7. The summed E-state index contributed by atoms with van der Waals surface area (Å²) in [6, 6.07) is -0.801. The molecule has 1 aliphatic heterocycles. The molecule has 0 aliphatic carbocycles. The fraction of sp³-hybridized carbons (Fsp3) is 0.857. The van der Waals surface area contributed by atoms with E-state index in [2.05, 4.69) is 31.3 Å². The minimum Gasteiger partial charge on any atom is -0.394 e. The van der Waals surface area contributed by atoms with Crippen molar-refractivity contribution in [1.82, 2.24) is 5.32 Å². The number of allylic oxidation sites excluding steroid dienone is 3. The van der Waals surface area contributed by atoms with Crippen LogP contribution in [0.15, 0.2) is 24.3 Å². The summed E-state index contributed by atoms with van der Waals surface area (Å²) < 4.78 is 11.1. The highest BCUT2D eigenvalue weighted by atomic mass is 16.7. The number of carbonyl (C=O) groups is 1. The van der Waals surface area contributed by atoms with E-state index in [1.54, 1.807) is 6.08 Å². The van der Waals surface area contributed by atoms with Crippen LogP contribution in [0, 0.1) is 0 Å². The number of ether oxygens (including phenoxy) is 2. The zero-order valence-corrected chi connectivity index (χ0v) is 27.7. The van der Waals surface area contributed by atoms with Crippen molar-refractivity contribution in [2.45, 2.75) is 179 Å². The summed E-state index contributed by atoms with van der Waals surface area (Å²) in [5, 5.41) is 53.5. The summed E-state index contributed by atoms with van der Waals surface area (Å²) in [5.74, 6) is -0.193. The standard InChI is InChI=1S/C35H65NO8/c1-3-5-7-9-11-12-13-14-15-16-17-19-21-23-25-31(39)36-28(29(38)24-22-20-18-10-8-6-4-2)27-43-35-34(42)33(41)32(40)30(26-37)44-35/h13-14,22,24,28-30,32-35,37-38,40-42H,3-12,15-21,23,25-27H2,1-2H3,(H,36,39)/b14-13-,24-22+. The summed E-state index contributed by atoms with van der Waals surface area (Å²) in [4.78, 5) is 12.8. The van der Waals surface area contributed by atoms with Crippen LogP contribution in [-0.2, 0) is 14.3 Å². The summed E-state index contributed by atoms with van der Waals surface area (Å²) in [6.07, 6.45) is 21.0. The minimum absolute atomic E-state index is 0.192. The molecule has 0 spiro atoms. The third-order valence-corrected chi connectivity index (χ3v) is 8.27. The van der Waals surface area contributed by atoms with Crippen molar-refractivity contribution in [2.24, 2.45) is 0 Å². The predicted molar refractivity (Wildman–Crippen MR) is 175 cm³/mol. The second-order valence-electron chi connectivity index (χ2n) is 12.3. The molecule has 1 aliphatic rings. The topological polar surface area (TPSA) is 149 Å². The van der Waals surface area contributed by atoms with Gasteiger partial charge in [0.25, 0.3) is 0 Å². The Morgan fingerprint density at radius 2 is 1.27 bits per heavy atom. The normalized spacial score (nSPS) is 23.8. The Labute approximate surface area is 267 Å². The molecule has 44 heavy (non-hydrogen) atoms. The third kappa shape index (κ3) is 18.6. The van der Waals surface area contributed by atoms with Crippen molar-refractivity contribution >= 4 is 5.91 Å². The van der Waals surface area contributed by atoms with Gasteiger partial charge in [-0.15, -0.1) is 0 Å². The zero-order chi connectivity index (χ0) is 32.4. The number of hydrogen-bond donors (Lipinski definition) is 6. The second kappa shape index (κ2) is 26.8. The lowest BCUT2D eigenvalue weighted by Gasteiger charge is -2.40. The Kier molecular flexibility index (Phi) is 24.8. The number of carbonyl (C=O) groups excluding carboxylic acids is 1. The predicted octanol–water partition coefficient (Wildman–Crippen LogP) is 5.21. The van der Waals surface area contributed by atoms with Crippen LogP contribution in [-0.4, -0.2) is 87.5 Å². The number of hydrogen-bond acceptors (Lipinski definition) is 8. The number of unbranched alkanes of at least 4 members (excludes halogenated alkanes) is 15. The number of aliphatic hydroxyl groups is 5. The van der Waals surface area contributed by atoms with Crippen LogP contribution in [0.5, 0.6) is 0 Å². The summed E-state index contributed by atoms with van der Waals surface area (Å²) in [7, 11) is 0. The Hall–Kier alpha value is -1.33. The van der Waals surface area contributed by atoms with E-state index in [1.165, 1.54) is 57.8 Å². The Morgan fingerprint density at radius 1 is 0.750 bits per heavy atom. The van der Waals surface area contributed by atoms with Crippen molar-refractivity contribution in [1.29, 1.82) is 0 Å². The van der Waals surface area contributed by atoms with Crippen LogP contribution in [0.1, 0.15) is 136 Å². The van der Waals surface area contributed by atoms with Crippen molar-refractivity contribution in [3.8, 4) is 0 Å². The highest BCUT2D eigenvalue weighted by molar-refractivity contribution is 5.76. The molecule has 0 saturated carbocycles. The van der Waals surface area contributed by atoms with Crippen molar-refractivity contribution in [3.63, 3.8) is 0 Å². The third-order valence-electron chi connectivity index (χ3n) is 8.27. The van der Waals surface area contributed by atoms with Gasteiger partial charge in [0.15, 0.2) is 6.29 Å². The minimum atomic E-state index is -1.56. The van der Waals surface area contributed by atoms with E-state index in [0.717, 1.165) is 57.8 Å². The molecule has 9 nitrogen and oxygen atoms in total. The second-order valence-corrected chi connectivity index (χ2v) is 12.3. The van der Waals surface area contributed by atoms with E-state index in [9.17, 15) is 30.3 Å². The molecule has 0 aromatic heterocycles. The molecule has 1 saturated heterocycles. The first-order valence-corrected chi connectivity index (χ1v) is 17.6.